The van der Waals surface area contributed by atoms with E-state index in [-0.39, 0.29) is 23.7 Å². The number of anilines is 1. The molecule has 2 aliphatic rings. The Morgan fingerprint density at radius 2 is 1.77 bits per heavy atom. The number of nitrogens with one attached hydrogen (secondary N) is 1. The summed E-state index contributed by atoms with van der Waals surface area (Å²) in [5, 5.41) is 2.77. The number of fused-ring (bicyclic) bond motifs is 1. The number of benzene rings is 1. The van der Waals surface area contributed by atoms with Gasteiger partial charge in [-0.3, -0.25) is 19.3 Å². The van der Waals surface area contributed by atoms with Crippen LogP contribution in [0, 0.1) is 0 Å². The van der Waals surface area contributed by atoms with E-state index in [1.165, 1.54) is 6.07 Å². The molecule has 7 nitrogen and oxygen atoms in total. The molecule has 1 fully saturated rings. The molecule has 2 aromatic rings. The molecule has 0 radical (unpaired) electrons. The van der Waals surface area contributed by atoms with Crippen molar-refractivity contribution in [2.24, 2.45) is 0 Å². The molecule has 156 valence electrons. The van der Waals surface area contributed by atoms with Crippen molar-refractivity contribution in [3.05, 3.63) is 59.3 Å². The fraction of sp³-hybridized carbons (Fsp3) is 0.300. The summed E-state index contributed by atoms with van der Waals surface area (Å²) < 4.78 is 38.0. The molecule has 0 saturated carbocycles. The molecule has 0 bridgehead atoms. The van der Waals surface area contributed by atoms with Crippen LogP contribution in [0.4, 0.5) is 19.0 Å². The highest BCUT2D eigenvalue weighted by molar-refractivity contribution is 6.22. The molecule has 1 unspecified atom stereocenters. The number of nitrogens with zero attached hydrogens (tertiary/aromatic N) is 3. The van der Waals surface area contributed by atoms with Gasteiger partial charge in [0, 0.05) is 25.3 Å². The molecule has 0 aliphatic carbocycles. The third-order valence-electron chi connectivity index (χ3n) is 5.13. The van der Waals surface area contributed by atoms with Crippen LogP contribution >= 0.6 is 0 Å². The molecule has 1 aromatic carbocycles. The molecule has 1 atom stereocenters. The molecule has 1 saturated heterocycles. The summed E-state index contributed by atoms with van der Waals surface area (Å²) in [6, 6.07) is 8.38. The van der Waals surface area contributed by atoms with Crippen LogP contribution in [0.5, 0.6) is 0 Å². The Kier molecular flexibility index (Phi) is 4.92. The first-order valence-corrected chi connectivity index (χ1v) is 9.27. The van der Waals surface area contributed by atoms with Crippen molar-refractivity contribution >= 4 is 23.5 Å². The van der Waals surface area contributed by atoms with Gasteiger partial charge in [0.15, 0.2) is 0 Å². The summed E-state index contributed by atoms with van der Waals surface area (Å²) in [4.78, 5) is 43.6. The highest BCUT2D eigenvalue weighted by atomic mass is 19.4. The smallest absolute Gasteiger partial charge is 0.354 e. The van der Waals surface area contributed by atoms with Gasteiger partial charge in [0.1, 0.15) is 12.4 Å². The monoisotopic (exact) mass is 418 g/mol. The van der Waals surface area contributed by atoms with Crippen molar-refractivity contribution in [1.82, 2.24) is 15.2 Å². The van der Waals surface area contributed by atoms with Gasteiger partial charge in [-0.25, -0.2) is 4.98 Å². The lowest BCUT2D eigenvalue weighted by atomic mass is 10.1. The van der Waals surface area contributed by atoms with E-state index in [1.807, 2.05) is 0 Å². The summed E-state index contributed by atoms with van der Waals surface area (Å²) in [6.07, 6.45) is -3.10. The molecule has 0 spiro atoms. The first kappa shape index (κ1) is 19.9. The summed E-state index contributed by atoms with van der Waals surface area (Å²) in [7, 11) is 0. The van der Waals surface area contributed by atoms with Crippen molar-refractivity contribution in [2.75, 3.05) is 24.5 Å². The second-order valence-electron chi connectivity index (χ2n) is 7.14. The summed E-state index contributed by atoms with van der Waals surface area (Å²) in [5.74, 6) is -1.10. The molecule has 1 aromatic heterocycles. The van der Waals surface area contributed by atoms with E-state index in [0.29, 0.717) is 25.3 Å². The number of halogens is 3. The number of rotatable bonds is 4. The third kappa shape index (κ3) is 3.72. The Morgan fingerprint density at radius 1 is 1.10 bits per heavy atom. The van der Waals surface area contributed by atoms with Gasteiger partial charge in [0.2, 0.25) is 5.91 Å². The first-order valence-electron chi connectivity index (χ1n) is 9.27. The predicted molar refractivity (Wildman–Crippen MR) is 99.8 cm³/mol. The first-order chi connectivity index (χ1) is 14.2. The van der Waals surface area contributed by atoms with Gasteiger partial charge in [0.05, 0.1) is 16.7 Å². The van der Waals surface area contributed by atoms with Crippen molar-refractivity contribution in [1.29, 1.82) is 0 Å². The van der Waals surface area contributed by atoms with Gasteiger partial charge in [-0.05, 0) is 30.7 Å². The number of hydrogen-bond donors (Lipinski definition) is 1. The maximum absolute atomic E-state index is 12.7. The van der Waals surface area contributed by atoms with Crippen LogP contribution in [0.3, 0.4) is 0 Å². The average Bonchev–Trinajstić information content (AvgIpc) is 3.27. The van der Waals surface area contributed by atoms with E-state index in [2.05, 4.69) is 10.3 Å². The zero-order valence-corrected chi connectivity index (χ0v) is 15.6. The molecular weight excluding hydrogens is 401 g/mol. The lowest BCUT2D eigenvalue weighted by Gasteiger charge is -2.19. The number of aromatic nitrogens is 1. The molecule has 10 heteroatoms. The number of carbonyl (C=O) groups is 3. The zero-order chi connectivity index (χ0) is 21.5. The maximum Gasteiger partial charge on any atom is 0.417 e. The topological polar surface area (TPSA) is 82.6 Å². The van der Waals surface area contributed by atoms with Gasteiger partial charge in [-0.2, -0.15) is 13.2 Å². The molecular formula is C20H17F3N4O3. The summed E-state index contributed by atoms with van der Waals surface area (Å²) >= 11 is 0. The number of imide groups is 1. The number of hydrogen-bond acceptors (Lipinski definition) is 5. The maximum atomic E-state index is 12.7. The SMILES string of the molecule is O=C(CN1C(=O)c2ccccc2C1=O)NC1CCN(c2ccc(C(F)(F)F)cn2)C1. The highest BCUT2D eigenvalue weighted by Gasteiger charge is 2.37. The number of alkyl halides is 3. The average molecular weight is 418 g/mol. The van der Waals surface area contributed by atoms with Crippen LogP contribution in [-0.2, 0) is 11.0 Å². The number of carbonyl (C=O) groups excluding carboxylic acids is 3. The van der Waals surface area contributed by atoms with Crippen LogP contribution in [0.1, 0.15) is 32.7 Å². The molecule has 30 heavy (non-hydrogen) atoms. The van der Waals surface area contributed by atoms with Gasteiger partial charge in [-0.15, -0.1) is 0 Å². The fourth-order valence-corrected chi connectivity index (χ4v) is 3.63. The lowest BCUT2D eigenvalue weighted by Crippen LogP contribution is -2.45. The standard InChI is InChI=1S/C20H17F3N4O3/c21-20(22,23)12-5-6-16(24-9-12)26-8-7-13(10-26)25-17(28)11-27-18(29)14-3-1-2-4-15(14)19(27)30/h1-6,9,13H,7-8,10-11H2,(H,25,28). The van der Waals surface area contributed by atoms with Crippen LogP contribution in [-0.4, -0.2) is 53.3 Å². The Labute approximate surface area is 169 Å². The van der Waals surface area contributed by atoms with Crippen LogP contribution < -0.4 is 10.2 Å². The Balaban J connectivity index is 1.33. The quantitative estimate of drug-likeness (QED) is 0.769. The second-order valence-corrected chi connectivity index (χ2v) is 7.14. The van der Waals surface area contributed by atoms with Gasteiger partial charge < -0.3 is 10.2 Å². The van der Waals surface area contributed by atoms with Crippen molar-refractivity contribution in [2.45, 2.75) is 18.6 Å². The molecule has 3 heterocycles. The van der Waals surface area contributed by atoms with Crippen LogP contribution in [0.2, 0.25) is 0 Å². The zero-order valence-electron chi connectivity index (χ0n) is 15.6. The Bertz CT molecular complexity index is 972. The van der Waals surface area contributed by atoms with E-state index in [0.717, 1.165) is 17.2 Å². The lowest BCUT2D eigenvalue weighted by molar-refractivity contribution is -0.137. The van der Waals surface area contributed by atoms with E-state index >= 15 is 0 Å². The van der Waals surface area contributed by atoms with E-state index in [9.17, 15) is 27.6 Å². The minimum absolute atomic E-state index is 0.267. The minimum atomic E-state index is -4.45. The van der Waals surface area contributed by atoms with E-state index in [4.69, 9.17) is 0 Å². The molecule has 2 aliphatic heterocycles. The van der Waals surface area contributed by atoms with Gasteiger partial charge >= 0.3 is 6.18 Å². The fourth-order valence-electron chi connectivity index (χ4n) is 3.63. The Hall–Kier alpha value is -3.43. The highest BCUT2D eigenvalue weighted by Crippen LogP contribution is 2.30. The van der Waals surface area contributed by atoms with Crippen molar-refractivity contribution in [3.8, 4) is 0 Å². The molecule has 1 N–H and O–H groups in total. The van der Waals surface area contributed by atoms with Gasteiger partial charge in [0.25, 0.3) is 11.8 Å². The summed E-state index contributed by atoms with van der Waals surface area (Å²) in [6.45, 7) is 0.490. The summed E-state index contributed by atoms with van der Waals surface area (Å²) in [5.41, 5.74) is -0.275. The van der Waals surface area contributed by atoms with Gasteiger partial charge in [-0.1, -0.05) is 12.1 Å². The van der Waals surface area contributed by atoms with Crippen LogP contribution in [0.15, 0.2) is 42.6 Å². The second kappa shape index (κ2) is 7.43. The normalized spacial score (nSPS) is 18.7. The number of pyridine rings is 1. The third-order valence-corrected chi connectivity index (χ3v) is 5.13. The molecule has 4 rings (SSSR count). The van der Waals surface area contributed by atoms with Crippen molar-refractivity contribution < 1.29 is 27.6 Å². The number of amides is 3. The van der Waals surface area contributed by atoms with E-state index < -0.39 is 29.5 Å². The predicted octanol–water partition coefficient (Wildman–Crippen LogP) is 2.09. The van der Waals surface area contributed by atoms with E-state index in [1.54, 1.807) is 29.2 Å². The van der Waals surface area contributed by atoms with Crippen LogP contribution in [0.25, 0.3) is 0 Å². The Morgan fingerprint density at radius 3 is 2.33 bits per heavy atom. The van der Waals surface area contributed by atoms with Crippen molar-refractivity contribution in [3.63, 3.8) is 0 Å². The minimum Gasteiger partial charge on any atom is -0.354 e. The largest absolute Gasteiger partial charge is 0.417 e. The molecule has 3 amide bonds.